The smallest absolute Gasteiger partial charge is 0.272 e. The molecule has 0 saturated carbocycles. The van der Waals surface area contributed by atoms with E-state index in [1.54, 1.807) is 66.7 Å². The van der Waals surface area contributed by atoms with Gasteiger partial charge in [-0.2, -0.15) is 0 Å². The summed E-state index contributed by atoms with van der Waals surface area (Å²) in [6.45, 7) is 1.43. The average Bonchev–Trinajstić information content (AvgIpc) is 3.00. The van der Waals surface area contributed by atoms with Gasteiger partial charge in [0, 0.05) is 27.2 Å². The molecule has 3 N–H and O–H groups in total. The molecule has 3 amide bonds. The normalized spacial score (nSPS) is 11.9. The van der Waals surface area contributed by atoms with E-state index in [1.165, 1.54) is 25.1 Å². The van der Waals surface area contributed by atoms with Crippen molar-refractivity contribution in [2.24, 2.45) is 0 Å². The molecule has 0 fully saturated rings. The largest absolute Gasteiger partial charge is 0.321 e. The van der Waals surface area contributed by atoms with Crippen LogP contribution in [0.2, 0.25) is 5.02 Å². The molecule has 0 saturated heterocycles. The first-order chi connectivity index (χ1) is 20.5. The van der Waals surface area contributed by atoms with Crippen molar-refractivity contribution in [1.29, 1.82) is 0 Å². The Balaban J connectivity index is 1.45. The lowest BCUT2D eigenvalue weighted by atomic mass is 10.1. The van der Waals surface area contributed by atoms with E-state index >= 15 is 0 Å². The third-order valence-corrected chi connectivity index (χ3v) is 7.34. The quantitative estimate of drug-likeness (QED) is 0.0780. The monoisotopic (exact) mass is 627 g/mol. The molecule has 4 aromatic rings. The van der Waals surface area contributed by atoms with Crippen molar-refractivity contribution in [3.8, 4) is 0 Å². The summed E-state index contributed by atoms with van der Waals surface area (Å²) in [7, 11) is 0. The van der Waals surface area contributed by atoms with E-state index in [9.17, 15) is 31.9 Å². The molecule has 0 bridgehead atoms. The van der Waals surface area contributed by atoms with Crippen LogP contribution in [0.5, 0.6) is 0 Å². The number of thioether (sulfide) groups is 1. The number of carbonyl (C=O) groups excluding carboxylic acids is 3. The Morgan fingerprint density at radius 3 is 2.05 bits per heavy atom. The molecule has 0 aliphatic rings. The second-order valence-electron chi connectivity index (χ2n) is 8.97. The molecule has 1 unspecified atom stereocenters. The van der Waals surface area contributed by atoms with Gasteiger partial charge in [-0.3, -0.25) is 14.4 Å². The summed E-state index contributed by atoms with van der Waals surface area (Å²) in [5, 5.41) is 6.63. The molecule has 0 spiro atoms. The van der Waals surface area contributed by atoms with Crippen LogP contribution in [0.15, 0.2) is 95.5 Å². The zero-order valence-electron chi connectivity index (χ0n) is 22.3. The minimum atomic E-state index is -1.72. The number of hydrogen-bond donors (Lipinski definition) is 3. The molecule has 6 nitrogen and oxygen atoms in total. The van der Waals surface area contributed by atoms with Gasteiger partial charge < -0.3 is 16.0 Å². The Hall–Kier alpha value is -4.61. The maximum atomic E-state index is 13.9. The third-order valence-electron chi connectivity index (χ3n) is 5.89. The number of hydrogen-bond acceptors (Lipinski definition) is 4. The minimum Gasteiger partial charge on any atom is -0.321 e. The second-order valence-corrected chi connectivity index (χ2v) is 10.8. The molecule has 0 heterocycles. The zero-order chi connectivity index (χ0) is 31.1. The molecule has 220 valence electrons. The van der Waals surface area contributed by atoms with Gasteiger partial charge in [-0.1, -0.05) is 48.0 Å². The fourth-order valence-electron chi connectivity index (χ4n) is 3.67. The highest BCUT2D eigenvalue weighted by atomic mass is 35.5. The summed E-state index contributed by atoms with van der Waals surface area (Å²) < 4.78 is 54.8. The fraction of sp³-hybridized carbons (Fsp3) is 0.0645. The summed E-state index contributed by atoms with van der Waals surface area (Å²) >= 11 is 7.25. The van der Waals surface area contributed by atoms with Crippen molar-refractivity contribution in [2.45, 2.75) is 17.1 Å². The number of amides is 3. The lowest BCUT2D eigenvalue weighted by Crippen LogP contribution is -2.30. The van der Waals surface area contributed by atoms with Crippen molar-refractivity contribution in [2.75, 3.05) is 10.6 Å². The van der Waals surface area contributed by atoms with Crippen molar-refractivity contribution >= 4 is 58.5 Å². The van der Waals surface area contributed by atoms with Gasteiger partial charge in [0.25, 0.3) is 11.8 Å². The van der Waals surface area contributed by atoms with Crippen LogP contribution in [-0.4, -0.2) is 23.0 Å². The van der Waals surface area contributed by atoms with E-state index in [-0.39, 0.29) is 11.8 Å². The molecule has 1 atom stereocenters. The van der Waals surface area contributed by atoms with Gasteiger partial charge >= 0.3 is 0 Å². The molecule has 0 aliphatic carbocycles. The first kappa shape index (κ1) is 31.3. The number of carbonyl (C=O) groups is 3. The van der Waals surface area contributed by atoms with Gasteiger partial charge in [-0.25, -0.2) is 17.6 Å². The molecule has 0 aromatic heterocycles. The highest BCUT2D eigenvalue weighted by Crippen LogP contribution is 2.28. The predicted molar refractivity (Wildman–Crippen MR) is 159 cm³/mol. The maximum Gasteiger partial charge on any atom is 0.272 e. The molecule has 43 heavy (non-hydrogen) atoms. The second kappa shape index (κ2) is 14.0. The summed E-state index contributed by atoms with van der Waals surface area (Å²) in [5.74, 6) is -8.75. The molecule has 4 rings (SSSR count). The van der Waals surface area contributed by atoms with Gasteiger partial charge in [0.05, 0.1) is 5.25 Å². The summed E-state index contributed by atoms with van der Waals surface area (Å²) in [6.07, 6.45) is 1.44. The van der Waals surface area contributed by atoms with Crippen LogP contribution in [0.4, 0.5) is 28.9 Å². The van der Waals surface area contributed by atoms with Crippen molar-refractivity contribution < 1.29 is 31.9 Å². The van der Waals surface area contributed by atoms with Crippen LogP contribution < -0.4 is 16.0 Å². The van der Waals surface area contributed by atoms with Crippen molar-refractivity contribution in [1.82, 2.24) is 5.32 Å². The topological polar surface area (TPSA) is 87.3 Å². The van der Waals surface area contributed by atoms with E-state index in [2.05, 4.69) is 10.6 Å². The minimum absolute atomic E-state index is 0.0472. The molecular formula is C31H22ClF4N3O3S. The Morgan fingerprint density at radius 2 is 1.42 bits per heavy atom. The lowest BCUT2D eigenvalue weighted by Gasteiger charge is -2.14. The highest BCUT2D eigenvalue weighted by molar-refractivity contribution is 8.00. The van der Waals surface area contributed by atoms with Gasteiger partial charge in [0.2, 0.25) is 5.91 Å². The molecule has 12 heteroatoms. The van der Waals surface area contributed by atoms with Crippen LogP contribution in [0, 0.1) is 23.3 Å². The Bertz CT molecular complexity index is 1680. The van der Waals surface area contributed by atoms with E-state index in [1.807, 2.05) is 5.32 Å². The average molecular weight is 628 g/mol. The van der Waals surface area contributed by atoms with E-state index < -0.39 is 51.9 Å². The summed E-state index contributed by atoms with van der Waals surface area (Å²) in [5.41, 5.74) is -0.0906. The summed E-state index contributed by atoms with van der Waals surface area (Å²) in [4.78, 5) is 39.0. The number of halogens is 5. The molecular weight excluding hydrogens is 606 g/mol. The Kier molecular flexibility index (Phi) is 10.2. The highest BCUT2D eigenvalue weighted by Gasteiger charge is 2.24. The van der Waals surface area contributed by atoms with Gasteiger partial charge in [0.1, 0.15) is 11.4 Å². The van der Waals surface area contributed by atoms with Crippen molar-refractivity contribution in [3.63, 3.8) is 0 Å². The molecule has 4 aromatic carbocycles. The van der Waals surface area contributed by atoms with Gasteiger partial charge in [-0.05, 0) is 61.0 Å². The molecule has 0 radical (unpaired) electrons. The van der Waals surface area contributed by atoms with Crippen LogP contribution in [0.1, 0.15) is 22.8 Å². The number of nitrogens with one attached hydrogen (secondary N) is 3. The van der Waals surface area contributed by atoms with Gasteiger partial charge in [-0.15, -0.1) is 11.8 Å². The maximum absolute atomic E-state index is 13.9. The molecule has 0 aliphatic heterocycles. The van der Waals surface area contributed by atoms with E-state index in [4.69, 9.17) is 11.6 Å². The fourth-order valence-corrected chi connectivity index (χ4v) is 4.73. The Morgan fingerprint density at radius 1 is 0.814 bits per heavy atom. The van der Waals surface area contributed by atoms with E-state index in [0.717, 1.165) is 11.8 Å². The predicted octanol–water partition coefficient (Wildman–Crippen LogP) is 7.43. The summed E-state index contributed by atoms with van der Waals surface area (Å²) in [6, 6.07) is 21.4. The van der Waals surface area contributed by atoms with Crippen LogP contribution in [-0.2, 0) is 9.59 Å². The number of rotatable bonds is 9. The van der Waals surface area contributed by atoms with Crippen LogP contribution >= 0.6 is 23.4 Å². The first-order valence-corrected chi connectivity index (χ1v) is 13.8. The Labute approximate surface area is 253 Å². The third kappa shape index (κ3) is 8.02. The van der Waals surface area contributed by atoms with E-state index in [0.29, 0.717) is 26.7 Å². The zero-order valence-corrected chi connectivity index (χ0v) is 23.8. The van der Waals surface area contributed by atoms with Gasteiger partial charge in [0.15, 0.2) is 23.3 Å². The standard InChI is InChI=1S/C31H22ClF4N3O3S/c1-17(29(40)39-28-26(35)23(33)16-24(34)27(28)36)43-21-13-11-20(12-14-21)37-31(42)25(15-19-9-5-6-10-22(19)32)38-30(41)18-7-3-2-4-8-18/h2-17H,1H3,(H,37,42)(H,38,41)(H,39,40)/b25-15-. The van der Waals surface area contributed by atoms with Crippen LogP contribution in [0.3, 0.4) is 0 Å². The van der Waals surface area contributed by atoms with Crippen molar-refractivity contribution in [3.05, 3.63) is 130 Å². The van der Waals surface area contributed by atoms with Crippen LogP contribution in [0.25, 0.3) is 6.08 Å². The SMILES string of the molecule is CC(Sc1ccc(NC(=O)/C(=C/c2ccccc2Cl)NC(=O)c2ccccc2)cc1)C(=O)Nc1c(F)c(F)cc(F)c1F. The number of anilines is 2. The lowest BCUT2D eigenvalue weighted by molar-refractivity contribution is -0.115. The first-order valence-electron chi connectivity index (χ1n) is 12.6. The number of benzene rings is 4.